The molecular weight excluding hydrogens is 300 g/mol. The zero-order chi connectivity index (χ0) is 14.5. The van der Waals surface area contributed by atoms with Gasteiger partial charge in [0.1, 0.15) is 5.88 Å². The number of carbonyl (C=O) groups is 1. The molecule has 1 fully saturated rings. The Labute approximate surface area is 125 Å². The second kappa shape index (κ2) is 6.85. The number of carbonyl (C=O) groups excluding carboxylic acids is 1. The number of azo groups is 1. The summed E-state index contributed by atoms with van der Waals surface area (Å²) >= 11 is 7.44. The minimum Gasteiger partial charge on any atom is -0.382 e. The molecule has 1 heterocycles. The molecule has 108 valence electrons. The third-order valence-electron chi connectivity index (χ3n) is 2.69. The molecule has 1 saturated carbocycles. The number of hydrogen-bond donors (Lipinski definition) is 2. The number of thioether (sulfide) groups is 1. The summed E-state index contributed by atoms with van der Waals surface area (Å²) in [4.78, 5) is 19.8. The molecule has 1 amide bonds. The highest BCUT2D eigenvalue weighted by atomic mass is 35.5. The van der Waals surface area contributed by atoms with Gasteiger partial charge in [-0.1, -0.05) is 11.6 Å². The average Bonchev–Trinajstić information content (AvgIpc) is 3.23. The van der Waals surface area contributed by atoms with Crippen LogP contribution in [-0.2, 0) is 0 Å². The maximum absolute atomic E-state index is 11.7. The van der Waals surface area contributed by atoms with Gasteiger partial charge in [-0.2, -0.15) is 5.11 Å². The van der Waals surface area contributed by atoms with Gasteiger partial charge in [-0.3, -0.25) is 4.79 Å². The molecule has 0 unspecified atom stereocenters. The summed E-state index contributed by atoms with van der Waals surface area (Å²) in [5.74, 6) is 0.818. The summed E-state index contributed by atoms with van der Waals surface area (Å²) in [6.45, 7) is 0.786. The number of hydrogen-bond acceptors (Lipinski definition) is 7. The van der Waals surface area contributed by atoms with Crippen molar-refractivity contribution in [3.05, 3.63) is 10.8 Å². The van der Waals surface area contributed by atoms with E-state index < -0.39 is 5.91 Å². The summed E-state index contributed by atoms with van der Waals surface area (Å²) in [5.41, 5.74) is 5.65. The lowest BCUT2D eigenvalue weighted by atomic mass is 10.4. The van der Waals surface area contributed by atoms with Crippen molar-refractivity contribution < 1.29 is 4.79 Å². The summed E-state index contributed by atoms with van der Waals surface area (Å²) in [6.07, 6.45) is 4.27. The molecule has 0 saturated heterocycles. The van der Waals surface area contributed by atoms with E-state index >= 15 is 0 Å². The van der Waals surface area contributed by atoms with Crippen molar-refractivity contribution in [2.75, 3.05) is 29.7 Å². The summed E-state index contributed by atoms with van der Waals surface area (Å²) < 4.78 is 0. The molecule has 0 spiro atoms. The molecule has 0 aromatic carbocycles. The minimum absolute atomic E-state index is 0.000739. The molecule has 0 aliphatic heterocycles. The van der Waals surface area contributed by atoms with Gasteiger partial charge in [0, 0.05) is 6.54 Å². The quantitative estimate of drug-likeness (QED) is 0.781. The Balaban J connectivity index is 2.09. The predicted molar refractivity (Wildman–Crippen MR) is 80.2 cm³/mol. The molecule has 3 N–H and O–H groups in total. The Morgan fingerprint density at radius 3 is 2.95 bits per heavy atom. The maximum atomic E-state index is 11.7. The van der Waals surface area contributed by atoms with E-state index in [1.54, 1.807) is 0 Å². The molecular formula is C11H15ClN6OS. The third-order valence-corrected chi connectivity index (χ3v) is 3.32. The Morgan fingerprint density at radius 1 is 1.55 bits per heavy atom. The number of nitrogens with zero attached hydrogens (tertiary/aromatic N) is 4. The van der Waals surface area contributed by atoms with Crippen molar-refractivity contribution in [1.29, 1.82) is 0 Å². The second-order valence-corrected chi connectivity index (χ2v) is 5.58. The van der Waals surface area contributed by atoms with Crippen LogP contribution in [0.2, 0.25) is 5.15 Å². The van der Waals surface area contributed by atoms with Crippen LogP contribution in [0.25, 0.3) is 0 Å². The fourth-order valence-electron chi connectivity index (χ4n) is 1.46. The van der Waals surface area contributed by atoms with E-state index in [1.807, 2.05) is 6.26 Å². The van der Waals surface area contributed by atoms with Gasteiger partial charge in [-0.05, 0) is 25.0 Å². The Morgan fingerprint density at radius 2 is 2.30 bits per heavy atom. The number of nitrogens with one attached hydrogen (secondary N) is 1. The number of nitrogens with two attached hydrogens (primary N) is 1. The van der Waals surface area contributed by atoms with Crippen molar-refractivity contribution in [3.8, 4) is 0 Å². The lowest BCUT2D eigenvalue weighted by Crippen LogP contribution is -2.12. The molecule has 9 heteroatoms. The van der Waals surface area contributed by atoms with E-state index in [9.17, 15) is 4.79 Å². The summed E-state index contributed by atoms with van der Waals surface area (Å²) in [5, 5.41) is 10.4. The molecule has 1 aliphatic rings. The molecule has 1 aromatic rings. The molecule has 0 atom stereocenters. The lowest BCUT2D eigenvalue weighted by Gasteiger charge is -2.08. The molecule has 1 aliphatic carbocycles. The van der Waals surface area contributed by atoms with Gasteiger partial charge in [0.25, 0.3) is 0 Å². The van der Waals surface area contributed by atoms with Crippen LogP contribution in [0.15, 0.2) is 10.2 Å². The van der Waals surface area contributed by atoms with Gasteiger partial charge in [0.2, 0.25) is 0 Å². The molecule has 1 aromatic heterocycles. The van der Waals surface area contributed by atoms with Gasteiger partial charge in [-0.15, -0.1) is 16.9 Å². The highest BCUT2D eigenvalue weighted by Crippen LogP contribution is 2.30. The number of aromatic nitrogens is 2. The Bertz CT molecular complexity index is 534. The van der Waals surface area contributed by atoms with Crippen molar-refractivity contribution in [2.45, 2.75) is 12.8 Å². The monoisotopic (exact) mass is 314 g/mol. The van der Waals surface area contributed by atoms with E-state index in [-0.39, 0.29) is 16.7 Å². The number of nitrogen functional groups attached to an aromatic ring is 1. The predicted octanol–water partition coefficient (Wildman–Crippen LogP) is 2.45. The van der Waals surface area contributed by atoms with Crippen LogP contribution < -0.4 is 11.1 Å². The first-order valence-corrected chi connectivity index (χ1v) is 7.86. The number of amides is 1. The van der Waals surface area contributed by atoms with Crippen LogP contribution in [0.1, 0.15) is 23.3 Å². The zero-order valence-corrected chi connectivity index (χ0v) is 12.5. The second-order valence-electron chi connectivity index (χ2n) is 4.39. The van der Waals surface area contributed by atoms with E-state index in [0.717, 1.165) is 6.54 Å². The molecule has 2 rings (SSSR count). The lowest BCUT2D eigenvalue weighted by molar-refractivity contribution is 0.0990. The molecule has 20 heavy (non-hydrogen) atoms. The van der Waals surface area contributed by atoms with E-state index in [0.29, 0.717) is 17.6 Å². The fraction of sp³-hybridized carbons (Fsp3) is 0.545. The van der Waals surface area contributed by atoms with Gasteiger partial charge < -0.3 is 11.1 Å². The Kier molecular flexibility index (Phi) is 5.13. The topological polar surface area (TPSA) is 106 Å². The highest BCUT2D eigenvalue weighted by Gasteiger charge is 2.22. The first-order valence-electron chi connectivity index (χ1n) is 6.09. The van der Waals surface area contributed by atoms with Crippen LogP contribution in [-0.4, -0.2) is 34.6 Å². The summed E-state index contributed by atoms with van der Waals surface area (Å²) in [7, 11) is 0. The summed E-state index contributed by atoms with van der Waals surface area (Å²) in [6, 6.07) is 0. The highest BCUT2D eigenvalue weighted by molar-refractivity contribution is 7.98. The van der Waals surface area contributed by atoms with Gasteiger partial charge in [0.05, 0.1) is 0 Å². The minimum atomic E-state index is -0.639. The number of rotatable bonds is 6. The van der Waals surface area contributed by atoms with Crippen molar-refractivity contribution in [3.63, 3.8) is 0 Å². The third kappa shape index (κ3) is 4.04. The van der Waals surface area contributed by atoms with Gasteiger partial charge in [0.15, 0.2) is 22.5 Å². The van der Waals surface area contributed by atoms with E-state index in [1.165, 1.54) is 24.6 Å². The van der Waals surface area contributed by atoms with Crippen molar-refractivity contribution in [2.24, 2.45) is 16.1 Å². The normalized spacial score (nSPS) is 14.7. The molecule has 0 radical (unpaired) electrons. The Hall–Kier alpha value is -1.41. The smallest absolute Gasteiger partial charge is 0.317 e. The fourth-order valence-corrected chi connectivity index (χ4v) is 1.83. The van der Waals surface area contributed by atoms with Crippen molar-refractivity contribution >= 4 is 40.9 Å². The average molecular weight is 315 g/mol. The van der Waals surface area contributed by atoms with Gasteiger partial charge in [-0.25, -0.2) is 9.97 Å². The SMILES string of the molecule is CSCN=NC(=O)c1nc(Cl)c(NCC2CC2)nc1N. The number of halogens is 1. The van der Waals surface area contributed by atoms with Crippen LogP contribution in [0, 0.1) is 5.92 Å². The van der Waals surface area contributed by atoms with Gasteiger partial charge >= 0.3 is 5.91 Å². The van der Waals surface area contributed by atoms with Crippen LogP contribution >= 0.6 is 23.4 Å². The largest absolute Gasteiger partial charge is 0.382 e. The van der Waals surface area contributed by atoms with Crippen molar-refractivity contribution in [1.82, 2.24) is 9.97 Å². The molecule has 7 nitrogen and oxygen atoms in total. The first-order chi connectivity index (χ1) is 9.61. The zero-order valence-electron chi connectivity index (χ0n) is 11.0. The first kappa shape index (κ1) is 15.0. The number of anilines is 2. The van der Waals surface area contributed by atoms with Crippen LogP contribution in [0.5, 0.6) is 0 Å². The molecule has 0 bridgehead atoms. The van der Waals surface area contributed by atoms with Crippen LogP contribution in [0.3, 0.4) is 0 Å². The van der Waals surface area contributed by atoms with Crippen LogP contribution in [0.4, 0.5) is 11.6 Å². The maximum Gasteiger partial charge on any atom is 0.317 e. The van der Waals surface area contributed by atoms with E-state index in [2.05, 4.69) is 25.5 Å². The standard InChI is InChI=1S/C11H15ClN6OS/c1-20-5-15-18-11(19)7-9(13)17-10(8(12)16-7)14-4-6-2-3-6/h6H,2-5H2,1H3,(H3,13,14,17). The van der Waals surface area contributed by atoms with E-state index in [4.69, 9.17) is 17.3 Å².